The zero-order valence-corrected chi connectivity index (χ0v) is 11.0. The van der Waals surface area contributed by atoms with Gasteiger partial charge in [0.1, 0.15) is 12.4 Å². The molecule has 0 aliphatic rings. The molecule has 0 saturated heterocycles. The Hall–Kier alpha value is -1.07. The Labute approximate surface area is 103 Å². The van der Waals surface area contributed by atoms with Gasteiger partial charge in [0.15, 0.2) is 0 Å². The van der Waals surface area contributed by atoms with E-state index in [4.69, 9.17) is 9.88 Å². The van der Waals surface area contributed by atoms with Gasteiger partial charge in [0.25, 0.3) is 0 Å². The maximum Gasteiger partial charge on any atom is 0.212 e. The van der Waals surface area contributed by atoms with Crippen LogP contribution in [0.1, 0.15) is 31.7 Å². The van der Waals surface area contributed by atoms with Crippen LogP contribution < -0.4 is 9.88 Å². The Morgan fingerprint density at radius 1 is 1.35 bits per heavy atom. The van der Waals surface area contributed by atoms with Crippen molar-refractivity contribution in [1.29, 1.82) is 0 Å². The highest BCUT2D eigenvalue weighted by molar-refractivity contribution is 7.89. The number of benzene rings is 1. The van der Waals surface area contributed by atoms with Crippen molar-refractivity contribution in [3.63, 3.8) is 0 Å². The van der Waals surface area contributed by atoms with E-state index in [2.05, 4.69) is 13.8 Å². The first-order chi connectivity index (χ1) is 7.94. The molecular weight excluding hydrogens is 238 g/mol. The topological polar surface area (TPSA) is 69.4 Å². The Morgan fingerprint density at radius 3 is 2.59 bits per heavy atom. The van der Waals surface area contributed by atoms with E-state index in [1.807, 2.05) is 24.3 Å². The number of sulfonamides is 1. The standard InChI is InChI=1S/C12H19NO3S/c1-3-10(2)11-6-4-5-7-12(11)16-8-9-17(13,14)15/h4-7,10H,3,8-9H2,1-2H3,(H2,13,14,15). The molecule has 0 spiro atoms. The van der Waals surface area contributed by atoms with Gasteiger partial charge in [0, 0.05) is 0 Å². The Bertz CT molecular complexity index is 457. The van der Waals surface area contributed by atoms with E-state index in [0.717, 1.165) is 17.7 Å². The minimum Gasteiger partial charge on any atom is -0.492 e. The first-order valence-electron chi connectivity index (χ1n) is 5.66. The molecule has 4 nitrogen and oxygen atoms in total. The lowest BCUT2D eigenvalue weighted by atomic mass is 9.98. The minimum atomic E-state index is -3.46. The molecule has 1 aromatic carbocycles. The van der Waals surface area contributed by atoms with Gasteiger partial charge in [-0.2, -0.15) is 0 Å². The van der Waals surface area contributed by atoms with Gasteiger partial charge in [0.05, 0.1) is 5.75 Å². The van der Waals surface area contributed by atoms with Crippen molar-refractivity contribution < 1.29 is 13.2 Å². The molecule has 1 unspecified atom stereocenters. The van der Waals surface area contributed by atoms with Crippen molar-refractivity contribution in [2.75, 3.05) is 12.4 Å². The second-order valence-electron chi connectivity index (χ2n) is 4.06. The fourth-order valence-electron chi connectivity index (χ4n) is 1.51. The third kappa shape index (κ3) is 4.75. The van der Waals surface area contributed by atoms with E-state index in [9.17, 15) is 8.42 Å². The van der Waals surface area contributed by atoms with Gasteiger partial charge in [-0.3, -0.25) is 0 Å². The van der Waals surface area contributed by atoms with Crippen molar-refractivity contribution in [3.8, 4) is 5.75 Å². The fourth-order valence-corrected chi connectivity index (χ4v) is 1.82. The summed E-state index contributed by atoms with van der Waals surface area (Å²) in [6.07, 6.45) is 1.01. The smallest absolute Gasteiger partial charge is 0.212 e. The first-order valence-corrected chi connectivity index (χ1v) is 7.37. The third-order valence-corrected chi connectivity index (χ3v) is 3.42. The van der Waals surface area contributed by atoms with Gasteiger partial charge in [-0.15, -0.1) is 0 Å². The van der Waals surface area contributed by atoms with E-state index in [1.165, 1.54) is 0 Å². The molecule has 0 radical (unpaired) electrons. The largest absolute Gasteiger partial charge is 0.492 e. The number of para-hydroxylation sites is 1. The van der Waals surface area contributed by atoms with Gasteiger partial charge in [0.2, 0.25) is 10.0 Å². The molecule has 17 heavy (non-hydrogen) atoms. The zero-order valence-electron chi connectivity index (χ0n) is 10.2. The van der Waals surface area contributed by atoms with Gasteiger partial charge in [-0.05, 0) is 24.0 Å². The molecule has 0 saturated carbocycles. The van der Waals surface area contributed by atoms with Crippen molar-refractivity contribution >= 4 is 10.0 Å². The van der Waals surface area contributed by atoms with Crippen molar-refractivity contribution in [3.05, 3.63) is 29.8 Å². The van der Waals surface area contributed by atoms with Crippen LogP contribution in [0, 0.1) is 0 Å². The lowest BCUT2D eigenvalue weighted by Crippen LogP contribution is -2.21. The van der Waals surface area contributed by atoms with E-state index >= 15 is 0 Å². The summed E-state index contributed by atoms with van der Waals surface area (Å²) in [6.45, 7) is 4.31. The quantitative estimate of drug-likeness (QED) is 0.845. The van der Waals surface area contributed by atoms with Crippen LogP contribution in [0.15, 0.2) is 24.3 Å². The van der Waals surface area contributed by atoms with E-state index in [1.54, 1.807) is 0 Å². The van der Waals surface area contributed by atoms with Crippen LogP contribution in [-0.2, 0) is 10.0 Å². The van der Waals surface area contributed by atoms with Gasteiger partial charge in [-0.25, -0.2) is 13.6 Å². The van der Waals surface area contributed by atoms with Gasteiger partial charge in [-0.1, -0.05) is 32.0 Å². The van der Waals surface area contributed by atoms with Crippen LogP contribution in [0.3, 0.4) is 0 Å². The second-order valence-corrected chi connectivity index (χ2v) is 5.80. The summed E-state index contributed by atoms with van der Waals surface area (Å²) in [5.41, 5.74) is 1.10. The Balaban J connectivity index is 2.70. The molecule has 2 N–H and O–H groups in total. The molecule has 96 valence electrons. The SMILES string of the molecule is CCC(C)c1ccccc1OCCS(N)(=O)=O. The van der Waals surface area contributed by atoms with E-state index < -0.39 is 10.0 Å². The molecule has 0 amide bonds. The lowest BCUT2D eigenvalue weighted by molar-refractivity contribution is 0.335. The summed E-state index contributed by atoms with van der Waals surface area (Å²) in [5.74, 6) is 0.966. The number of hydrogen-bond donors (Lipinski definition) is 1. The summed E-state index contributed by atoms with van der Waals surface area (Å²) in [6, 6.07) is 7.68. The van der Waals surface area contributed by atoms with Crippen molar-refractivity contribution in [2.24, 2.45) is 5.14 Å². The molecule has 0 aromatic heterocycles. The molecule has 0 heterocycles. The van der Waals surface area contributed by atoms with Crippen LogP contribution in [0.2, 0.25) is 0 Å². The lowest BCUT2D eigenvalue weighted by Gasteiger charge is -2.15. The fraction of sp³-hybridized carbons (Fsp3) is 0.500. The molecule has 1 rings (SSSR count). The van der Waals surface area contributed by atoms with Crippen molar-refractivity contribution in [1.82, 2.24) is 0 Å². The number of primary sulfonamides is 1. The average molecular weight is 257 g/mol. The summed E-state index contributed by atoms with van der Waals surface area (Å²) < 4.78 is 27.1. The highest BCUT2D eigenvalue weighted by atomic mass is 32.2. The first kappa shape index (κ1) is 14.0. The number of ether oxygens (including phenoxy) is 1. The zero-order chi connectivity index (χ0) is 12.9. The summed E-state index contributed by atoms with van der Waals surface area (Å²) in [7, 11) is -3.46. The predicted octanol–water partition coefficient (Wildman–Crippen LogP) is 1.87. The van der Waals surface area contributed by atoms with Crippen LogP contribution in [-0.4, -0.2) is 20.8 Å². The predicted molar refractivity (Wildman–Crippen MR) is 68.6 cm³/mol. The maximum atomic E-state index is 10.8. The Kier molecular flexibility index (Phi) is 4.96. The molecule has 5 heteroatoms. The highest BCUT2D eigenvalue weighted by Crippen LogP contribution is 2.28. The normalized spacial score (nSPS) is 13.4. The molecule has 0 fully saturated rings. The summed E-state index contributed by atoms with van der Waals surface area (Å²) in [4.78, 5) is 0. The van der Waals surface area contributed by atoms with Crippen LogP contribution in [0.5, 0.6) is 5.75 Å². The van der Waals surface area contributed by atoms with Crippen LogP contribution >= 0.6 is 0 Å². The Morgan fingerprint density at radius 2 is 2.00 bits per heavy atom. The molecule has 0 bridgehead atoms. The molecule has 0 aliphatic carbocycles. The average Bonchev–Trinajstić information content (AvgIpc) is 2.27. The minimum absolute atomic E-state index is 0.0896. The number of hydrogen-bond acceptors (Lipinski definition) is 3. The molecule has 0 aliphatic heterocycles. The van der Waals surface area contributed by atoms with Crippen LogP contribution in [0.25, 0.3) is 0 Å². The molecule has 1 aromatic rings. The van der Waals surface area contributed by atoms with Crippen molar-refractivity contribution in [2.45, 2.75) is 26.2 Å². The highest BCUT2D eigenvalue weighted by Gasteiger charge is 2.10. The van der Waals surface area contributed by atoms with E-state index in [-0.39, 0.29) is 12.4 Å². The maximum absolute atomic E-state index is 10.8. The van der Waals surface area contributed by atoms with Crippen LogP contribution in [0.4, 0.5) is 0 Å². The summed E-state index contributed by atoms with van der Waals surface area (Å²) in [5, 5.41) is 4.92. The molecular formula is C12H19NO3S. The monoisotopic (exact) mass is 257 g/mol. The number of nitrogens with two attached hydrogens (primary N) is 1. The van der Waals surface area contributed by atoms with Gasteiger partial charge < -0.3 is 4.74 Å². The van der Waals surface area contributed by atoms with Gasteiger partial charge >= 0.3 is 0 Å². The van der Waals surface area contributed by atoms with E-state index in [0.29, 0.717) is 5.92 Å². The summed E-state index contributed by atoms with van der Waals surface area (Å²) >= 11 is 0. The number of rotatable bonds is 6. The molecule has 1 atom stereocenters. The second kappa shape index (κ2) is 6.02. The third-order valence-electron chi connectivity index (χ3n) is 2.69.